The second-order valence-electron chi connectivity index (χ2n) is 5.66. The molecule has 1 aromatic rings. The number of hydrogen-bond donors (Lipinski definition) is 0. The molecular formula is C14H25N3O3S. The molecule has 7 heteroatoms. The number of aryl methyl sites for hydroxylation is 1. The summed E-state index contributed by atoms with van der Waals surface area (Å²) in [5, 5.41) is 4.54. The summed E-state index contributed by atoms with van der Waals surface area (Å²) < 4.78 is 30.7. The average Bonchev–Trinajstić information content (AvgIpc) is 2.85. The number of hydrogen-bond acceptors (Lipinski definition) is 5. The van der Waals surface area contributed by atoms with Gasteiger partial charge >= 0.3 is 0 Å². The second-order valence-corrected chi connectivity index (χ2v) is 7.89. The molecule has 2 heterocycles. The highest BCUT2D eigenvalue weighted by atomic mass is 32.2. The molecule has 0 radical (unpaired) electrons. The summed E-state index contributed by atoms with van der Waals surface area (Å²) in [6.07, 6.45) is 4.38. The molecule has 21 heavy (non-hydrogen) atoms. The minimum absolute atomic E-state index is 0.00981. The van der Waals surface area contributed by atoms with Crippen LogP contribution in [0.25, 0.3) is 0 Å². The van der Waals surface area contributed by atoms with Crippen LogP contribution in [0.4, 0.5) is 0 Å². The second kappa shape index (κ2) is 7.35. The molecule has 6 nitrogen and oxygen atoms in total. The molecule has 1 saturated heterocycles. The van der Waals surface area contributed by atoms with Gasteiger partial charge in [0.25, 0.3) is 0 Å². The van der Waals surface area contributed by atoms with E-state index in [9.17, 15) is 8.42 Å². The van der Waals surface area contributed by atoms with Crippen LogP contribution in [-0.2, 0) is 27.5 Å². The lowest BCUT2D eigenvalue weighted by atomic mass is 10.0. The van der Waals surface area contributed by atoms with Crippen LogP contribution in [-0.4, -0.2) is 48.4 Å². The first-order valence-corrected chi connectivity index (χ1v) is 9.51. The number of sulfone groups is 1. The Morgan fingerprint density at radius 1 is 1.43 bits per heavy atom. The maximum Gasteiger partial charge on any atom is 0.153 e. The normalized spacial score (nSPS) is 21.5. The van der Waals surface area contributed by atoms with E-state index in [1.807, 2.05) is 4.68 Å². The molecule has 1 aliphatic rings. The summed E-state index contributed by atoms with van der Waals surface area (Å²) >= 11 is 0. The van der Waals surface area contributed by atoms with Crippen molar-refractivity contribution in [3.8, 4) is 0 Å². The third-order valence-corrected chi connectivity index (χ3v) is 5.65. The molecule has 1 fully saturated rings. The van der Waals surface area contributed by atoms with Gasteiger partial charge in [-0.05, 0) is 19.3 Å². The molecule has 0 saturated carbocycles. The van der Waals surface area contributed by atoms with Gasteiger partial charge in [-0.2, -0.15) is 5.10 Å². The number of nitrogens with zero attached hydrogens (tertiary/aromatic N) is 3. The summed E-state index contributed by atoms with van der Waals surface area (Å²) in [7, 11) is -1.28. The molecule has 0 aliphatic carbocycles. The van der Waals surface area contributed by atoms with Crippen LogP contribution in [0.5, 0.6) is 0 Å². The fourth-order valence-corrected chi connectivity index (χ4v) is 4.41. The van der Waals surface area contributed by atoms with E-state index >= 15 is 0 Å². The van der Waals surface area contributed by atoms with Crippen LogP contribution in [0.15, 0.2) is 0 Å². The van der Waals surface area contributed by atoms with E-state index in [0.29, 0.717) is 18.8 Å². The van der Waals surface area contributed by atoms with E-state index in [2.05, 4.69) is 17.0 Å². The SMILES string of the molecule is CCCCn1nc(CCOC)nc1[C@H]1CCCS(=O)(=O)C1. The van der Waals surface area contributed by atoms with Gasteiger partial charge in [-0.1, -0.05) is 13.3 Å². The minimum atomic E-state index is -2.93. The maximum atomic E-state index is 11.9. The first kappa shape index (κ1) is 16.4. The van der Waals surface area contributed by atoms with Crippen molar-refractivity contribution in [2.24, 2.45) is 0 Å². The van der Waals surface area contributed by atoms with Crippen molar-refractivity contribution in [3.63, 3.8) is 0 Å². The zero-order chi connectivity index (χ0) is 15.3. The molecule has 1 aliphatic heterocycles. The van der Waals surface area contributed by atoms with Gasteiger partial charge < -0.3 is 4.74 Å². The number of unbranched alkanes of at least 4 members (excludes halogenated alkanes) is 1. The van der Waals surface area contributed by atoms with Crippen LogP contribution < -0.4 is 0 Å². The highest BCUT2D eigenvalue weighted by Gasteiger charge is 2.29. The molecule has 1 aromatic heterocycles. The van der Waals surface area contributed by atoms with Gasteiger partial charge in [0, 0.05) is 26.0 Å². The Labute approximate surface area is 126 Å². The van der Waals surface area contributed by atoms with Gasteiger partial charge in [0.05, 0.1) is 18.1 Å². The van der Waals surface area contributed by atoms with Gasteiger partial charge in [0.2, 0.25) is 0 Å². The van der Waals surface area contributed by atoms with Crippen LogP contribution in [0.3, 0.4) is 0 Å². The lowest BCUT2D eigenvalue weighted by Crippen LogP contribution is -2.26. The topological polar surface area (TPSA) is 74.1 Å². The Morgan fingerprint density at radius 2 is 2.24 bits per heavy atom. The molecular weight excluding hydrogens is 290 g/mol. The van der Waals surface area contributed by atoms with E-state index < -0.39 is 9.84 Å². The first-order valence-electron chi connectivity index (χ1n) is 7.68. The van der Waals surface area contributed by atoms with E-state index in [0.717, 1.165) is 43.9 Å². The zero-order valence-electron chi connectivity index (χ0n) is 12.9. The highest BCUT2D eigenvalue weighted by molar-refractivity contribution is 7.91. The Bertz CT molecular complexity index is 554. The van der Waals surface area contributed by atoms with E-state index in [1.54, 1.807) is 7.11 Å². The standard InChI is InChI=1S/C14H25N3O3S/c1-3-4-8-17-14(15-13(16-17)7-9-20-2)12-6-5-10-21(18,19)11-12/h12H,3-11H2,1-2H3/t12-/m0/s1. The lowest BCUT2D eigenvalue weighted by Gasteiger charge is -2.21. The molecule has 0 spiro atoms. The van der Waals surface area contributed by atoms with Crippen molar-refractivity contribution in [3.05, 3.63) is 11.6 Å². The predicted molar refractivity (Wildman–Crippen MR) is 81.1 cm³/mol. The van der Waals surface area contributed by atoms with Crippen molar-refractivity contribution in [1.82, 2.24) is 14.8 Å². The zero-order valence-corrected chi connectivity index (χ0v) is 13.7. The van der Waals surface area contributed by atoms with Crippen molar-refractivity contribution >= 4 is 9.84 Å². The number of aromatic nitrogens is 3. The lowest BCUT2D eigenvalue weighted by molar-refractivity contribution is 0.200. The third-order valence-electron chi connectivity index (χ3n) is 3.83. The van der Waals surface area contributed by atoms with Crippen LogP contribution >= 0.6 is 0 Å². The molecule has 2 rings (SSSR count). The largest absolute Gasteiger partial charge is 0.384 e. The van der Waals surface area contributed by atoms with Crippen molar-refractivity contribution in [2.75, 3.05) is 25.2 Å². The molecule has 0 bridgehead atoms. The molecule has 0 N–H and O–H groups in total. The summed E-state index contributed by atoms with van der Waals surface area (Å²) in [6.45, 7) is 3.52. The fraction of sp³-hybridized carbons (Fsp3) is 0.857. The number of rotatable bonds is 7. The molecule has 0 aromatic carbocycles. The highest BCUT2D eigenvalue weighted by Crippen LogP contribution is 2.27. The van der Waals surface area contributed by atoms with E-state index in [4.69, 9.17) is 4.74 Å². The maximum absolute atomic E-state index is 11.9. The Morgan fingerprint density at radius 3 is 2.90 bits per heavy atom. The quantitative estimate of drug-likeness (QED) is 0.763. The predicted octanol–water partition coefficient (Wildman–Crippen LogP) is 1.56. The van der Waals surface area contributed by atoms with Crippen molar-refractivity contribution in [2.45, 2.75) is 51.5 Å². The molecule has 120 valence electrons. The fourth-order valence-electron chi connectivity index (χ4n) is 2.70. The Kier molecular flexibility index (Phi) is 5.75. The number of methoxy groups -OCH3 is 1. The minimum Gasteiger partial charge on any atom is -0.384 e. The summed E-state index contributed by atoms with van der Waals surface area (Å²) in [5.41, 5.74) is 0. The summed E-state index contributed by atoms with van der Waals surface area (Å²) in [4.78, 5) is 4.60. The van der Waals surface area contributed by atoms with Crippen molar-refractivity contribution < 1.29 is 13.2 Å². The Hall–Kier alpha value is -0.950. The molecule has 0 unspecified atom stereocenters. The smallest absolute Gasteiger partial charge is 0.153 e. The van der Waals surface area contributed by atoms with E-state index in [1.165, 1.54) is 0 Å². The first-order chi connectivity index (χ1) is 10.1. The number of ether oxygens (including phenoxy) is 1. The van der Waals surface area contributed by atoms with Crippen LogP contribution in [0.2, 0.25) is 0 Å². The average molecular weight is 315 g/mol. The van der Waals surface area contributed by atoms with Gasteiger partial charge in [-0.25, -0.2) is 18.1 Å². The van der Waals surface area contributed by atoms with Gasteiger partial charge in [-0.3, -0.25) is 0 Å². The molecule has 0 amide bonds. The van der Waals surface area contributed by atoms with Gasteiger partial charge in [0.1, 0.15) is 5.82 Å². The third kappa shape index (κ3) is 4.51. The summed E-state index contributed by atoms with van der Waals surface area (Å²) in [6, 6.07) is 0. The summed E-state index contributed by atoms with van der Waals surface area (Å²) in [5.74, 6) is 2.11. The molecule has 1 atom stereocenters. The van der Waals surface area contributed by atoms with E-state index in [-0.39, 0.29) is 11.7 Å². The Balaban J connectivity index is 2.20. The monoisotopic (exact) mass is 315 g/mol. The van der Waals surface area contributed by atoms with Gasteiger partial charge in [-0.15, -0.1) is 0 Å². The van der Waals surface area contributed by atoms with Crippen LogP contribution in [0, 0.1) is 0 Å². The van der Waals surface area contributed by atoms with Gasteiger partial charge in [0.15, 0.2) is 15.7 Å². The van der Waals surface area contributed by atoms with Crippen molar-refractivity contribution in [1.29, 1.82) is 0 Å². The van der Waals surface area contributed by atoms with Crippen LogP contribution in [0.1, 0.15) is 50.2 Å².